The molecule has 0 unspecified atom stereocenters. The van der Waals surface area contributed by atoms with Crippen LogP contribution in [0, 0.1) is 13.8 Å². The second kappa shape index (κ2) is 8.15. The molecule has 0 fully saturated rings. The topological polar surface area (TPSA) is 42.3 Å². The zero-order valence-electron chi connectivity index (χ0n) is 14.8. The molecule has 2 aromatic rings. The molecule has 0 aliphatic carbocycles. The Morgan fingerprint density at radius 2 is 2.12 bits per heavy atom. The first-order valence-corrected chi connectivity index (χ1v) is 8.98. The fraction of sp³-hybridized carbons (Fsp3) is 0.350. The molecule has 0 radical (unpaired) electrons. The lowest BCUT2D eigenvalue weighted by atomic mass is 10.00. The molecule has 0 atom stereocenters. The van der Waals surface area contributed by atoms with Gasteiger partial charge in [0.1, 0.15) is 5.35 Å². The van der Waals surface area contributed by atoms with Crippen LogP contribution in [0.2, 0.25) is 0 Å². The SMILES string of the molecule is C=c1sc(C(C)=O)n/c1=C(\CCCc1cc(C)ccc1C)N=CC. The van der Waals surface area contributed by atoms with E-state index in [9.17, 15) is 4.79 Å². The van der Waals surface area contributed by atoms with Gasteiger partial charge in [-0.15, -0.1) is 11.3 Å². The Kier molecular flexibility index (Phi) is 6.21. The van der Waals surface area contributed by atoms with E-state index >= 15 is 0 Å². The number of carbonyl (C=O) groups excluding carboxylic acids is 1. The normalized spacial score (nSPS) is 12.7. The fourth-order valence-electron chi connectivity index (χ4n) is 2.64. The number of nitrogens with zero attached hydrogens (tertiary/aromatic N) is 2. The number of aryl methyl sites for hydroxylation is 3. The Labute approximate surface area is 147 Å². The summed E-state index contributed by atoms with van der Waals surface area (Å²) in [6.07, 6.45) is 4.59. The third kappa shape index (κ3) is 4.48. The standard InChI is InChI=1S/C20H24N2OS/c1-6-21-18(19-16(5)24-20(22-19)15(4)23)9-7-8-17-12-13(2)10-11-14(17)3/h6,10-12H,5,7-9H2,1-4H3/b19-18+,21-6?. The van der Waals surface area contributed by atoms with Gasteiger partial charge < -0.3 is 0 Å². The summed E-state index contributed by atoms with van der Waals surface area (Å²) in [4.78, 5) is 20.5. The first-order chi connectivity index (χ1) is 11.4. The van der Waals surface area contributed by atoms with Crippen LogP contribution in [0.4, 0.5) is 0 Å². The van der Waals surface area contributed by atoms with Crippen LogP contribution < -0.4 is 9.88 Å². The molecular weight excluding hydrogens is 316 g/mol. The molecule has 2 rings (SSSR count). The van der Waals surface area contributed by atoms with Crippen LogP contribution in [0.15, 0.2) is 23.2 Å². The van der Waals surface area contributed by atoms with Crippen LogP contribution in [-0.4, -0.2) is 17.0 Å². The highest BCUT2D eigenvalue weighted by atomic mass is 32.1. The second-order valence-corrected chi connectivity index (χ2v) is 7.05. The van der Waals surface area contributed by atoms with Gasteiger partial charge in [0.15, 0.2) is 10.8 Å². The molecule has 3 nitrogen and oxygen atoms in total. The zero-order chi connectivity index (χ0) is 17.7. The summed E-state index contributed by atoms with van der Waals surface area (Å²) in [5.41, 5.74) is 4.91. The lowest BCUT2D eigenvalue weighted by Crippen LogP contribution is -2.22. The van der Waals surface area contributed by atoms with Gasteiger partial charge in [-0.2, -0.15) is 0 Å². The van der Waals surface area contributed by atoms with Crippen LogP contribution in [-0.2, 0) is 6.42 Å². The molecule has 0 spiro atoms. The van der Waals surface area contributed by atoms with E-state index in [-0.39, 0.29) is 5.78 Å². The lowest BCUT2D eigenvalue weighted by molar-refractivity contribution is 0.101. The maximum Gasteiger partial charge on any atom is 0.188 e. The predicted molar refractivity (Wildman–Crippen MR) is 103 cm³/mol. The fourth-order valence-corrected chi connectivity index (χ4v) is 3.42. The van der Waals surface area contributed by atoms with Crippen LogP contribution in [0.1, 0.15) is 53.2 Å². The van der Waals surface area contributed by atoms with Gasteiger partial charge in [-0.3, -0.25) is 9.79 Å². The van der Waals surface area contributed by atoms with Crippen LogP contribution in [0.3, 0.4) is 0 Å². The van der Waals surface area contributed by atoms with Crippen LogP contribution >= 0.6 is 11.3 Å². The molecular formula is C20H24N2OS. The van der Waals surface area contributed by atoms with Crippen molar-refractivity contribution in [1.29, 1.82) is 0 Å². The quantitative estimate of drug-likeness (QED) is 0.596. The van der Waals surface area contributed by atoms with Gasteiger partial charge in [-0.1, -0.05) is 30.3 Å². The zero-order valence-corrected chi connectivity index (χ0v) is 15.7. The molecule has 24 heavy (non-hydrogen) atoms. The van der Waals surface area contributed by atoms with Gasteiger partial charge in [-0.05, 0) is 51.2 Å². The monoisotopic (exact) mass is 340 g/mol. The molecule has 0 aliphatic heterocycles. The van der Waals surface area contributed by atoms with Crippen molar-refractivity contribution in [1.82, 2.24) is 4.98 Å². The Morgan fingerprint density at radius 1 is 1.38 bits per heavy atom. The van der Waals surface area contributed by atoms with E-state index in [1.54, 1.807) is 6.21 Å². The van der Waals surface area contributed by atoms with E-state index in [4.69, 9.17) is 0 Å². The van der Waals surface area contributed by atoms with Crippen molar-refractivity contribution >= 4 is 35.6 Å². The van der Waals surface area contributed by atoms with Gasteiger partial charge in [0.25, 0.3) is 0 Å². The molecule has 0 saturated heterocycles. The minimum Gasteiger partial charge on any atom is -0.292 e. The number of carbonyl (C=O) groups is 1. The first kappa shape index (κ1) is 18.3. The molecule has 1 heterocycles. The van der Waals surface area contributed by atoms with Crippen molar-refractivity contribution < 1.29 is 4.79 Å². The van der Waals surface area contributed by atoms with Gasteiger partial charge in [0.05, 0.1) is 5.70 Å². The molecule has 0 amide bonds. The maximum absolute atomic E-state index is 11.5. The molecule has 1 aromatic carbocycles. The summed E-state index contributed by atoms with van der Waals surface area (Å²) in [7, 11) is 0. The molecule has 4 heteroatoms. The number of aliphatic imine (C=N–C) groups is 1. The van der Waals surface area contributed by atoms with Crippen LogP contribution in [0.5, 0.6) is 0 Å². The highest BCUT2D eigenvalue weighted by molar-refractivity contribution is 7.11. The van der Waals surface area contributed by atoms with Crippen molar-refractivity contribution in [2.75, 3.05) is 0 Å². The summed E-state index contributed by atoms with van der Waals surface area (Å²) in [5, 5.41) is 1.28. The smallest absolute Gasteiger partial charge is 0.188 e. The van der Waals surface area contributed by atoms with Gasteiger partial charge in [0, 0.05) is 17.7 Å². The number of Topliss-reactive ketones (excluding diaryl/α,β-unsaturated/α-hetero) is 1. The minimum atomic E-state index is -0.0219. The lowest BCUT2D eigenvalue weighted by Gasteiger charge is -2.07. The maximum atomic E-state index is 11.5. The minimum absolute atomic E-state index is 0.0219. The number of hydrogen-bond acceptors (Lipinski definition) is 4. The third-order valence-corrected chi connectivity index (χ3v) is 4.93. The predicted octanol–water partition coefficient (Wildman–Crippen LogP) is 3.59. The average Bonchev–Trinajstić information content (AvgIpc) is 2.92. The summed E-state index contributed by atoms with van der Waals surface area (Å²) in [6, 6.07) is 6.57. The summed E-state index contributed by atoms with van der Waals surface area (Å²) >= 11 is 1.34. The Balaban J connectivity index is 2.24. The van der Waals surface area contributed by atoms with Gasteiger partial charge >= 0.3 is 0 Å². The van der Waals surface area contributed by atoms with Gasteiger partial charge in [-0.25, -0.2) is 4.98 Å². The molecule has 0 N–H and O–H groups in total. The molecule has 126 valence electrons. The summed E-state index contributed by atoms with van der Waals surface area (Å²) < 4.78 is 0.813. The van der Waals surface area contributed by atoms with Crippen molar-refractivity contribution in [3.63, 3.8) is 0 Å². The second-order valence-electron chi connectivity index (χ2n) is 5.96. The number of ketones is 1. The van der Waals surface area contributed by atoms with Crippen molar-refractivity contribution in [2.45, 2.75) is 47.0 Å². The number of thiazole rings is 1. The first-order valence-electron chi connectivity index (χ1n) is 8.17. The van der Waals surface area contributed by atoms with Gasteiger partial charge in [0.2, 0.25) is 0 Å². The summed E-state index contributed by atoms with van der Waals surface area (Å²) in [5.74, 6) is -0.0219. The molecule has 0 bridgehead atoms. The Hall–Kier alpha value is -2.07. The average molecular weight is 340 g/mol. The van der Waals surface area contributed by atoms with Crippen molar-refractivity contribution in [2.24, 2.45) is 4.99 Å². The largest absolute Gasteiger partial charge is 0.292 e. The molecule has 1 aromatic heterocycles. The Bertz CT molecular complexity index is 878. The number of benzene rings is 1. The molecule has 0 aliphatic rings. The highest BCUT2D eigenvalue weighted by Crippen LogP contribution is 2.16. The van der Waals surface area contributed by atoms with E-state index < -0.39 is 0 Å². The van der Waals surface area contributed by atoms with E-state index in [1.807, 2.05) is 6.92 Å². The molecule has 0 saturated carbocycles. The summed E-state index contributed by atoms with van der Waals surface area (Å²) in [6.45, 7) is 11.7. The van der Waals surface area contributed by atoms with E-state index in [0.29, 0.717) is 5.01 Å². The number of rotatable bonds is 6. The Morgan fingerprint density at radius 3 is 2.75 bits per heavy atom. The van der Waals surface area contributed by atoms with Crippen molar-refractivity contribution in [3.05, 3.63) is 49.8 Å². The van der Waals surface area contributed by atoms with Crippen LogP contribution in [0.25, 0.3) is 12.3 Å². The van der Waals surface area contributed by atoms with E-state index in [2.05, 4.69) is 48.6 Å². The number of aromatic nitrogens is 1. The number of hydrogen-bond donors (Lipinski definition) is 0. The third-order valence-electron chi connectivity index (χ3n) is 3.92. The highest BCUT2D eigenvalue weighted by Gasteiger charge is 2.08. The van der Waals surface area contributed by atoms with E-state index in [1.165, 1.54) is 35.0 Å². The van der Waals surface area contributed by atoms with Crippen molar-refractivity contribution in [3.8, 4) is 0 Å². The van der Waals surface area contributed by atoms with E-state index in [0.717, 1.165) is 34.8 Å².